The SMILES string of the molecule is COc1ccc(CNC(=O)C(C)SCc2ccc(Br)cc2)cc1. The van der Waals surface area contributed by atoms with Crippen LogP contribution in [0.1, 0.15) is 18.1 Å². The van der Waals surface area contributed by atoms with E-state index in [0.29, 0.717) is 6.54 Å². The van der Waals surface area contributed by atoms with Gasteiger partial charge >= 0.3 is 0 Å². The van der Waals surface area contributed by atoms with Crippen molar-refractivity contribution in [1.82, 2.24) is 5.32 Å². The van der Waals surface area contributed by atoms with Crippen LogP contribution in [0, 0.1) is 0 Å². The van der Waals surface area contributed by atoms with Gasteiger partial charge in [-0.2, -0.15) is 0 Å². The summed E-state index contributed by atoms with van der Waals surface area (Å²) in [4.78, 5) is 12.2. The van der Waals surface area contributed by atoms with Gasteiger partial charge in [0, 0.05) is 16.8 Å². The minimum absolute atomic E-state index is 0.0583. The zero-order chi connectivity index (χ0) is 16.7. The maximum atomic E-state index is 12.2. The first-order chi connectivity index (χ1) is 11.1. The number of hydrogen-bond donors (Lipinski definition) is 1. The molecule has 0 aliphatic carbocycles. The topological polar surface area (TPSA) is 38.3 Å². The summed E-state index contributed by atoms with van der Waals surface area (Å²) >= 11 is 5.06. The van der Waals surface area contributed by atoms with Crippen LogP contribution in [0.4, 0.5) is 0 Å². The van der Waals surface area contributed by atoms with Gasteiger partial charge in [-0.3, -0.25) is 4.79 Å². The van der Waals surface area contributed by atoms with Crippen LogP contribution in [0.3, 0.4) is 0 Å². The Hall–Kier alpha value is -1.46. The molecule has 0 bridgehead atoms. The minimum Gasteiger partial charge on any atom is -0.497 e. The van der Waals surface area contributed by atoms with E-state index in [1.807, 2.05) is 43.3 Å². The monoisotopic (exact) mass is 393 g/mol. The zero-order valence-corrected chi connectivity index (χ0v) is 15.6. The third-order valence-corrected chi connectivity index (χ3v) is 5.15. The Kier molecular flexibility index (Phi) is 6.99. The summed E-state index contributed by atoms with van der Waals surface area (Å²) in [5, 5.41) is 2.89. The molecule has 5 heteroatoms. The van der Waals surface area contributed by atoms with E-state index in [0.717, 1.165) is 21.5 Å². The van der Waals surface area contributed by atoms with E-state index in [2.05, 4.69) is 33.4 Å². The highest BCUT2D eigenvalue weighted by molar-refractivity contribution is 9.10. The Balaban J connectivity index is 1.76. The Labute approximate surface area is 149 Å². The highest BCUT2D eigenvalue weighted by atomic mass is 79.9. The van der Waals surface area contributed by atoms with Crippen LogP contribution in [-0.2, 0) is 17.1 Å². The number of benzene rings is 2. The molecule has 3 nitrogen and oxygen atoms in total. The van der Waals surface area contributed by atoms with Crippen LogP contribution in [0.25, 0.3) is 0 Å². The standard InChI is InChI=1S/C18H20BrNO2S/c1-13(23-12-15-3-7-16(19)8-4-15)18(21)20-11-14-5-9-17(22-2)10-6-14/h3-10,13H,11-12H2,1-2H3,(H,20,21). The van der Waals surface area contributed by atoms with Crippen molar-refractivity contribution in [1.29, 1.82) is 0 Å². The van der Waals surface area contributed by atoms with Crippen molar-refractivity contribution >= 4 is 33.6 Å². The Morgan fingerprint density at radius 3 is 2.35 bits per heavy atom. The molecule has 1 unspecified atom stereocenters. The van der Waals surface area contributed by atoms with E-state index in [-0.39, 0.29) is 11.2 Å². The number of halogens is 1. The lowest BCUT2D eigenvalue weighted by molar-refractivity contribution is -0.120. The zero-order valence-electron chi connectivity index (χ0n) is 13.2. The number of rotatable bonds is 7. The number of carbonyl (C=O) groups is 1. The lowest BCUT2D eigenvalue weighted by atomic mass is 10.2. The third-order valence-electron chi connectivity index (χ3n) is 3.41. The van der Waals surface area contributed by atoms with Crippen molar-refractivity contribution in [3.63, 3.8) is 0 Å². The van der Waals surface area contributed by atoms with Gasteiger partial charge in [0.25, 0.3) is 0 Å². The molecule has 2 rings (SSSR count). The Bertz CT molecular complexity index is 628. The molecule has 0 saturated heterocycles. The van der Waals surface area contributed by atoms with Gasteiger partial charge in [-0.15, -0.1) is 11.8 Å². The fourth-order valence-corrected chi connectivity index (χ4v) is 3.09. The molecule has 0 spiro atoms. The lowest BCUT2D eigenvalue weighted by Crippen LogP contribution is -2.30. The summed E-state index contributed by atoms with van der Waals surface area (Å²) in [6, 6.07) is 15.9. The number of carbonyl (C=O) groups excluding carboxylic acids is 1. The summed E-state index contributed by atoms with van der Waals surface area (Å²) in [5.41, 5.74) is 2.28. The first-order valence-corrected chi connectivity index (χ1v) is 9.19. The van der Waals surface area contributed by atoms with Gasteiger partial charge in [0.2, 0.25) is 5.91 Å². The summed E-state index contributed by atoms with van der Waals surface area (Å²) in [6.07, 6.45) is 0. The van der Waals surface area contributed by atoms with Crippen LogP contribution in [-0.4, -0.2) is 18.3 Å². The van der Waals surface area contributed by atoms with Gasteiger partial charge in [-0.25, -0.2) is 0 Å². The second kappa shape index (κ2) is 8.99. The average molecular weight is 394 g/mol. The van der Waals surface area contributed by atoms with Crippen molar-refractivity contribution < 1.29 is 9.53 Å². The van der Waals surface area contributed by atoms with E-state index in [4.69, 9.17) is 4.74 Å². The Morgan fingerprint density at radius 1 is 1.13 bits per heavy atom. The highest BCUT2D eigenvalue weighted by Gasteiger charge is 2.13. The smallest absolute Gasteiger partial charge is 0.233 e. The molecule has 2 aromatic carbocycles. The van der Waals surface area contributed by atoms with Crippen molar-refractivity contribution in [2.75, 3.05) is 7.11 Å². The first-order valence-electron chi connectivity index (χ1n) is 7.35. The fraction of sp³-hybridized carbons (Fsp3) is 0.278. The Morgan fingerprint density at radius 2 is 1.74 bits per heavy atom. The summed E-state index contributed by atoms with van der Waals surface area (Å²) in [5.74, 6) is 1.70. The van der Waals surface area contributed by atoms with E-state index >= 15 is 0 Å². The third kappa shape index (κ3) is 5.92. The van der Waals surface area contributed by atoms with Gasteiger partial charge < -0.3 is 10.1 Å². The van der Waals surface area contributed by atoms with E-state index in [9.17, 15) is 4.79 Å². The number of hydrogen-bond acceptors (Lipinski definition) is 3. The predicted octanol–water partition coefficient (Wildman–Crippen LogP) is 4.40. The van der Waals surface area contributed by atoms with E-state index < -0.39 is 0 Å². The van der Waals surface area contributed by atoms with Gasteiger partial charge in [0.05, 0.1) is 12.4 Å². The maximum Gasteiger partial charge on any atom is 0.233 e. The number of nitrogens with one attached hydrogen (secondary N) is 1. The normalized spacial score (nSPS) is 11.8. The molecule has 0 fully saturated rings. The van der Waals surface area contributed by atoms with Crippen LogP contribution in [0.2, 0.25) is 0 Å². The second-order valence-electron chi connectivity index (χ2n) is 5.15. The summed E-state index contributed by atoms with van der Waals surface area (Å²) in [7, 11) is 1.64. The molecule has 122 valence electrons. The van der Waals surface area contributed by atoms with E-state index in [1.165, 1.54) is 5.56 Å². The molecular weight excluding hydrogens is 374 g/mol. The van der Waals surface area contributed by atoms with Crippen molar-refractivity contribution in [2.45, 2.75) is 24.5 Å². The van der Waals surface area contributed by atoms with Gasteiger partial charge in [-0.05, 0) is 42.3 Å². The quantitative estimate of drug-likeness (QED) is 0.757. The van der Waals surface area contributed by atoms with Crippen LogP contribution < -0.4 is 10.1 Å². The molecule has 23 heavy (non-hydrogen) atoms. The molecule has 1 atom stereocenters. The molecule has 0 heterocycles. The van der Waals surface area contributed by atoms with Gasteiger partial charge in [0.1, 0.15) is 5.75 Å². The largest absolute Gasteiger partial charge is 0.497 e. The second-order valence-corrected chi connectivity index (χ2v) is 7.39. The molecule has 0 aromatic heterocycles. The predicted molar refractivity (Wildman–Crippen MR) is 99.7 cm³/mol. The molecule has 0 aliphatic rings. The van der Waals surface area contributed by atoms with Gasteiger partial charge in [0.15, 0.2) is 0 Å². The number of methoxy groups -OCH3 is 1. The minimum atomic E-state index is -0.0862. The van der Waals surface area contributed by atoms with Crippen LogP contribution >= 0.6 is 27.7 Å². The molecular formula is C18H20BrNO2S. The number of thioether (sulfide) groups is 1. The summed E-state index contributed by atoms with van der Waals surface area (Å²) < 4.78 is 6.19. The van der Waals surface area contributed by atoms with Crippen molar-refractivity contribution in [3.05, 3.63) is 64.1 Å². The molecule has 0 saturated carbocycles. The molecule has 0 aliphatic heterocycles. The van der Waals surface area contributed by atoms with Crippen LogP contribution in [0.15, 0.2) is 53.0 Å². The molecule has 1 amide bonds. The lowest BCUT2D eigenvalue weighted by Gasteiger charge is -2.12. The average Bonchev–Trinajstić information content (AvgIpc) is 2.59. The first kappa shape index (κ1) is 17.9. The summed E-state index contributed by atoms with van der Waals surface area (Å²) in [6.45, 7) is 2.47. The van der Waals surface area contributed by atoms with Crippen molar-refractivity contribution in [2.24, 2.45) is 0 Å². The van der Waals surface area contributed by atoms with Crippen molar-refractivity contribution in [3.8, 4) is 5.75 Å². The fourth-order valence-electron chi connectivity index (χ4n) is 1.95. The van der Waals surface area contributed by atoms with E-state index in [1.54, 1.807) is 18.9 Å². The van der Waals surface area contributed by atoms with Crippen LogP contribution in [0.5, 0.6) is 5.75 Å². The number of amides is 1. The molecule has 2 aromatic rings. The maximum absolute atomic E-state index is 12.2. The highest BCUT2D eigenvalue weighted by Crippen LogP contribution is 2.20. The number of ether oxygens (including phenoxy) is 1. The molecule has 1 N–H and O–H groups in total. The van der Waals surface area contributed by atoms with Gasteiger partial charge in [-0.1, -0.05) is 40.2 Å². The molecule has 0 radical (unpaired) electrons.